The van der Waals surface area contributed by atoms with Crippen LogP contribution in [0.1, 0.15) is 18.9 Å². The lowest BCUT2D eigenvalue weighted by Crippen LogP contribution is -1.99. The average molecular weight is 324 g/mol. The third kappa shape index (κ3) is 4.05. The minimum atomic E-state index is -1.06. The van der Waals surface area contributed by atoms with Crippen LogP contribution in [-0.2, 0) is 11.2 Å². The van der Waals surface area contributed by atoms with E-state index in [0.29, 0.717) is 25.0 Å². The minimum Gasteiger partial charge on any atom is -0.491 e. The Morgan fingerprint density at radius 2 is 1.78 bits per heavy atom. The first-order valence-electron chi connectivity index (χ1n) is 7.47. The summed E-state index contributed by atoms with van der Waals surface area (Å²) in [6.45, 7) is 2.46. The van der Waals surface area contributed by atoms with Crippen LogP contribution in [0.25, 0.3) is 11.1 Å². The Morgan fingerprint density at radius 1 is 1.00 bits per heavy atom. The number of benzene rings is 2. The van der Waals surface area contributed by atoms with Crippen molar-refractivity contribution in [3.05, 3.63) is 53.3 Å². The standard InChI is InChI=1S/C18H19F3O2/c1-3-23-16-9-8-14(17(20)18(16)21)13-7-6-12(15(19)11-13)5-4-10-22-2/h6-9,11H,3-5,10H2,1-2H3. The molecule has 5 heteroatoms. The molecule has 0 heterocycles. The van der Waals surface area contributed by atoms with Gasteiger partial charge in [-0.25, -0.2) is 8.78 Å². The van der Waals surface area contributed by atoms with E-state index in [1.165, 1.54) is 18.2 Å². The molecule has 0 aliphatic carbocycles. The highest BCUT2D eigenvalue weighted by Crippen LogP contribution is 2.30. The van der Waals surface area contributed by atoms with Crippen molar-refractivity contribution < 1.29 is 22.6 Å². The van der Waals surface area contributed by atoms with Gasteiger partial charge in [0.15, 0.2) is 11.6 Å². The fraction of sp³-hybridized carbons (Fsp3) is 0.333. The van der Waals surface area contributed by atoms with E-state index in [2.05, 4.69) is 0 Å². The Kier molecular flexibility index (Phi) is 6.04. The van der Waals surface area contributed by atoms with Gasteiger partial charge in [-0.2, -0.15) is 4.39 Å². The van der Waals surface area contributed by atoms with Crippen LogP contribution in [0.3, 0.4) is 0 Å². The molecule has 2 nitrogen and oxygen atoms in total. The zero-order valence-corrected chi connectivity index (χ0v) is 13.2. The summed E-state index contributed by atoms with van der Waals surface area (Å²) in [5, 5.41) is 0. The molecule has 0 aliphatic heterocycles. The lowest BCUT2D eigenvalue weighted by Gasteiger charge is -2.10. The number of rotatable bonds is 7. The molecule has 0 N–H and O–H groups in total. The number of hydrogen-bond acceptors (Lipinski definition) is 2. The van der Waals surface area contributed by atoms with Gasteiger partial charge in [-0.1, -0.05) is 12.1 Å². The van der Waals surface area contributed by atoms with Crippen LogP contribution in [0.5, 0.6) is 5.75 Å². The predicted octanol–water partition coefficient (Wildman–Crippen LogP) is 4.75. The molecule has 0 aromatic heterocycles. The summed E-state index contributed by atoms with van der Waals surface area (Å²) in [4.78, 5) is 0. The second-order valence-electron chi connectivity index (χ2n) is 5.07. The Morgan fingerprint density at radius 3 is 2.43 bits per heavy atom. The van der Waals surface area contributed by atoms with Gasteiger partial charge >= 0.3 is 0 Å². The highest BCUT2D eigenvalue weighted by Gasteiger charge is 2.16. The second kappa shape index (κ2) is 8.02. The molecular formula is C18H19F3O2. The molecule has 0 saturated heterocycles. The number of ether oxygens (including phenoxy) is 2. The quantitative estimate of drug-likeness (QED) is 0.684. The molecular weight excluding hydrogens is 305 g/mol. The van der Waals surface area contributed by atoms with Crippen LogP contribution in [0.4, 0.5) is 13.2 Å². The maximum atomic E-state index is 14.2. The van der Waals surface area contributed by atoms with E-state index in [4.69, 9.17) is 9.47 Å². The van der Waals surface area contributed by atoms with E-state index < -0.39 is 17.5 Å². The van der Waals surface area contributed by atoms with Gasteiger partial charge < -0.3 is 9.47 Å². The number of methoxy groups -OCH3 is 1. The van der Waals surface area contributed by atoms with Crippen molar-refractivity contribution in [2.24, 2.45) is 0 Å². The first-order valence-corrected chi connectivity index (χ1v) is 7.47. The van der Waals surface area contributed by atoms with Gasteiger partial charge in [-0.15, -0.1) is 0 Å². The van der Waals surface area contributed by atoms with Crippen LogP contribution in [0, 0.1) is 17.5 Å². The minimum absolute atomic E-state index is 0.00768. The Balaban J connectivity index is 2.28. The summed E-state index contributed by atoms with van der Waals surface area (Å²) in [5.74, 6) is -2.69. The van der Waals surface area contributed by atoms with Gasteiger partial charge in [0.2, 0.25) is 5.82 Å². The molecule has 124 valence electrons. The zero-order valence-electron chi connectivity index (χ0n) is 13.2. The fourth-order valence-corrected chi connectivity index (χ4v) is 2.35. The van der Waals surface area contributed by atoms with Crippen molar-refractivity contribution in [2.75, 3.05) is 20.3 Å². The molecule has 2 aromatic rings. The van der Waals surface area contributed by atoms with Gasteiger partial charge in [0.05, 0.1) is 6.61 Å². The SMILES string of the molecule is CCOc1ccc(-c2ccc(CCCOC)c(F)c2)c(F)c1F. The first-order chi connectivity index (χ1) is 11.1. The lowest BCUT2D eigenvalue weighted by atomic mass is 10.0. The van der Waals surface area contributed by atoms with Crippen molar-refractivity contribution in [3.63, 3.8) is 0 Å². The molecule has 0 unspecified atom stereocenters. The third-order valence-electron chi connectivity index (χ3n) is 3.51. The summed E-state index contributed by atoms with van der Waals surface area (Å²) < 4.78 is 52.1. The van der Waals surface area contributed by atoms with Crippen molar-refractivity contribution >= 4 is 0 Å². The maximum absolute atomic E-state index is 14.2. The predicted molar refractivity (Wildman–Crippen MR) is 83.1 cm³/mol. The van der Waals surface area contributed by atoms with Crippen LogP contribution < -0.4 is 4.74 Å². The second-order valence-corrected chi connectivity index (χ2v) is 5.07. The number of aryl methyl sites for hydroxylation is 1. The normalized spacial score (nSPS) is 10.8. The molecule has 0 saturated carbocycles. The molecule has 0 atom stereocenters. The average Bonchev–Trinajstić information content (AvgIpc) is 2.54. The summed E-state index contributed by atoms with van der Waals surface area (Å²) in [5.41, 5.74) is 0.823. The summed E-state index contributed by atoms with van der Waals surface area (Å²) in [6.07, 6.45) is 1.22. The van der Waals surface area contributed by atoms with Gasteiger partial charge in [0, 0.05) is 19.3 Å². The highest BCUT2D eigenvalue weighted by atomic mass is 19.2. The fourth-order valence-electron chi connectivity index (χ4n) is 2.35. The summed E-state index contributed by atoms with van der Waals surface area (Å²) in [6, 6.07) is 7.14. The topological polar surface area (TPSA) is 18.5 Å². The maximum Gasteiger partial charge on any atom is 0.201 e. The lowest BCUT2D eigenvalue weighted by molar-refractivity contribution is 0.195. The van der Waals surface area contributed by atoms with Crippen molar-refractivity contribution in [3.8, 4) is 16.9 Å². The molecule has 0 amide bonds. The Bertz CT molecular complexity index is 672. The molecule has 23 heavy (non-hydrogen) atoms. The van der Waals surface area contributed by atoms with E-state index in [-0.39, 0.29) is 23.5 Å². The molecule has 0 radical (unpaired) electrons. The van der Waals surface area contributed by atoms with E-state index >= 15 is 0 Å². The monoisotopic (exact) mass is 324 g/mol. The molecule has 2 rings (SSSR count). The molecule has 0 spiro atoms. The Hall–Kier alpha value is -2.01. The van der Waals surface area contributed by atoms with Crippen LogP contribution in [0.2, 0.25) is 0 Å². The van der Waals surface area contributed by atoms with Crippen molar-refractivity contribution in [2.45, 2.75) is 19.8 Å². The van der Waals surface area contributed by atoms with Crippen LogP contribution in [0.15, 0.2) is 30.3 Å². The Labute approximate surface area is 133 Å². The smallest absolute Gasteiger partial charge is 0.201 e. The van der Waals surface area contributed by atoms with Crippen molar-refractivity contribution in [1.29, 1.82) is 0 Å². The van der Waals surface area contributed by atoms with E-state index in [9.17, 15) is 13.2 Å². The van der Waals surface area contributed by atoms with E-state index in [1.54, 1.807) is 26.2 Å². The third-order valence-corrected chi connectivity index (χ3v) is 3.51. The molecule has 0 fully saturated rings. The molecule has 0 aliphatic rings. The first kappa shape index (κ1) is 17.3. The number of hydrogen-bond donors (Lipinski definition) is 0. The molecule has 0 bridgehead atoms. The van der Waals surface area contributed by atoms with Gasteiger partial charge in [-0.3, -0.25) is 0 Å². The van der Waals surface area contributed by atoms with Gasteiger partial charge in [0.25, 0.3) is 0 Å². The van der Waals surface area contributed by atoms with E-state index in [0.717, 1.165) is 0 Å². The summed E-state index contributed by atoms with van der Waals surface area (Å²) in [7, 11) is 1.59. The summed E-state index contributed by atoms with van der Waals surface area (Å²) >= 11 is 0. The van der Waals surface area contributed by atoms with Crippen molar-refractivity contribution in [1.82, 2.24) is 0 Å². The zero-order chi connectivity index (χ0) is 16.8. The van der Waals surface area contributed by atoms with Gasteiger partial charge in [0.1, 0.15) is 5.82 Å². The largest absolute Gasteiger partial charge is 0.491 e. The van der Waals surface area contributed by atoms with E-state index in [1.807, 2.05) is 0 Å². The van der Waals surface area contributed by atoms with Crippen LogP contribution >= 0.6 is 0 Å². The highest BCUT2D eigenvalue weighted by molar-refractivity contribution is 5.65. The molecule has 2 aromatic carbocycles. The van der Waals surface area contributed by atoms with Gasteiger partial charge in [-0.05, 0) is 49.1 Å². The number of halogens is 3. The van der Waals surface area contributed by atoms with Crippen LogP contribution in [-0.4, -0.2) is 20.3 Å².